The molecule has 1 aliphatic rings. The fourth-order valence-corrected chi connectivity index (χ4v) is 3.49. The maximum absolute atomic E-state index is 3.66. The summed E-state index contributed by atoms with van der Waals surface area (Å²) in [6.07, 6.45) is 2.41. The van der Waals surface area contributed by atoms with Gasteiger partial charge in [-0.2, -0.15) is 0 Å². The molecule has 0 fully saturated rings. The smallest absolute Gasteiger partial charge is 0.0331 e. The van der Waals surface area contributed by atoms with E-state index in [0.717, 1.165) is 13.1 Å². The van der Waals surface area contributed by atoms with Gasteiger partial charge in [0, 0.05) is 36.1 Å². The van der Waals surface area contributed by atoms with Gasteiger partial charge in [-0.25, -0.2) is 0 Å². The highest BCUT2D eigenvalue weighted by molar-refractivity contribution is 7.10. The Labute approximate surface area is 115 Å². The molecule has 1 unspecified atom stereocenters. The van der Waals surface area contributed by atoms with Crippen LogP contribution in [0.25, 0.3) is 0 Å². The molecule has 0 saturated heterocycles. The number of hydrogen-bond donors (Lipinski definition) is 1. The van der Waals surface area contributed by atoms with E-state index in [0.29, 0.717) is 6.04 Å². The van der Waals surface area contributed by atoms with Crippen molar-refractivity contribution in [3.8, 4) is 0 Å². The summed E-state index contributed by atoms with van der Waals surface area (Å²) in [5, 5.41) is 5.89. The lowest BCUT2D eigenvalue weighted by atomic mass is 10.0. The number of nitrogens with zero attached hydrogens (tertiary/aromatic N) is 1. The minimum Gasteiger partial charge on any atom is -0.311 e. The minimum absolute atomic E-state index is 0.270. The summed E-state index contributed by atoms with van der Waals surface area (Å²) in [6.45, 7) is 12.6. The highest BCUT2D eigenvalue weighted by Crippen LogP contribution is 2.32. The second kappa shape index (κ2) is 5.72. The van der Waals surface area contributed by atoms with Crippen LogP contribution in [0, 0.1) is 0 Å². The SMILES string of the molecule is CCC(C)(C)NCCN1CCc2sccc2C1C. The van der Waals surface area contributed by atoms with E-state index in [1.54, 1.807) is 10.4 Å². The van der Waals surface area contributed by atoms with Gasteiger partial charge in [0.2, 0.25) is 0 Å². The van der Waals surface area contributed by atoms with Crippen LogP contribution in [-0.4, -0.2) is 30.1 Å². The molecule has 1 aromatic rings. The van der Waals surface area contributed by atoms with E-state index in [1.807, 2.05) is 11.3 Å². The highest BCUT2D eigenvalue weighted by Gasteiger charge is 2.24. The predicted octanol–water partition coefficient (Wildman–Crippen LogP) is 3.45. The number of fused-ring (bicyclic) bond motifs is 1. The second-order valence-corrected chi connectivity index (χ2v) is 6.93. The molecule has 0 radical (unpaired) electrons. The van der Waals surface area contributed by atoms with Gasteiger partial charge in [0.25, 0.3) is 0 Å². The molecular formula is C15H26N2S. The van der Waals surface area contributed by atoms with E-state index in [2.05, 4.69) is 49.4 Å². The summed E-state index contributed by atoms with van der Waals surface area (Å²) in [5.74, 6) is 0. The molecule has 0 saturated carbocycles. The van der Waals surface area contributed by atoms with Gasteiger partial charge in [-0.15, -0.1) is 11.3 Å². The quantitative estimate of drug-likeness (QED) is 0.878. The van der Waals surface area contributed by atoms with Crippen molar-refractivity contribution in [1.82, 2.24) is 10.2 Å². The number of rotatable bonds is 5. The van der Waals surface area contributed by atoms with E-state index < -0.39 is 0 Å². The average molecular weight is 266 g/mol. The maximum Gasteiger partial charge on any atom is 0.0331 e. The average Bonchev–Trinajstić information content (AvgIpc) is 2.81. The molecule has 2 heterocycles. The van der Waals surface area contributed by atoms with Crippen LogP contribution in [0.1, 0.15) is 50.6 Å². The van der Waals surface area contributed by atoms with Crippen LogP contribution in [0.4, 0.5) is 0 Å². The molecule has 0 spiro atoms. The molecule has 1 aromatic heterocycles. The van der Waals surface area contributed by atoms with E-state index in [9.17, 15) is 0 Å². The van der Waals surface area contributed by atoms with Crippen molar-refractivity contribution in [1.29, 1.82) is 0 Å². The first-order valence-electron chi connectivity index (χ1n) is 7.09. The Morgan fingerprint density at radius 2 is 2.28 bits per heavy atom. The molecule has 18 heavy (non-hydrogen) atoms. The molecule has 0 bridgehead atoms. The number of nitrogens with one attached hydrogen (secondary N) is 1. The van der Waals surface area contributed by atoms with Crippen LogP contribution in [-0.2, 0) is 6.42 Å². The van der Waals surface area contributed by atoms with Crippen molar-refractivity contribution >= 4 is 11.3 Å². The van der Waals surface area contributed by atoms with E-state index in [4.69, 9.17) is 0 Å². The van der Waals surface area contributed by atoms with Crippen LogP contribution in [0.15, 0.2) is 11.4 Å². The van der Waals surface area contributed by atoms with Gasteiger partial charge < -0.3 is 5.32 Å². The predicted molar refractivity (Wildman–Crippen MR) is 80.4 cm³/mol. The third kappa shape index (κ3) is 3.14. The molecule has 3 heteroatoms. The Balaban J connectivity index is 1.85. The zero-order valence-corrected chi connectivity index (χ0v) is 12.9. The van der Waals surface area contributed by atoms with E-state index >= 15 is 0 Å². The van der Waals surface area contributed by atoms with Crippen LogP contribution in [0.2, 0.25) is 0 Å². The number of thiophene rings is 1. The van der Waals surface area contributed by atoms with Gasteiger partial charge in [0.1, 0.15) is 0 Å². The first-order valence-corrected chi connectivity index (χ1v) is 7.97. The molecule has 102 valence electrons. The van der Waals surface area contributed by atoms with Gasteiger partial charge in [-0.1, -0.05) is 6.92 Å². The summed E-state index contributed by atoms with van der Waals surface area (Å²) < 4.78 is 0. The molecular weight excluding hydrogens is 240 g/mol. The van der Waals surface area contributed by atoms with Crippen molar-refractivity contribution in [3.63, 3.8) is 0 Å². The minimum atomic E-state index is 0.270. The Morgan fingerprint density at radius 1 is 1.50 bits per heavy atom. The van der Waals surface area contributed by atoms with E-state index in [-0.39, 0.29) is 5.54 Å². The van der Waals surface area contributed by atoms with E-state index in [1.165, 1.54) is 19.4 Å². The van der Waals surface area contributed by atoms with Gasteiger partial charge in [0.15, 0.2) is 0 Å². The fraction of sp³-hybridized carbons (Fsp3) is 0.733. The molecule has 1 atom stereocenters. The molecule has 1 N–H and O–H groups in total. The molecule has 2 rings (SSSR count). The molecule has 0 amide bonds. The third-order valence-corrected chi connectivity index (χ3v) is 5.29. The fourth-order valence-electron chi connectivity index (χ4n) is 2.53. The van der Waals surface area contributed by atoms with Crippen molar-refractivity contribution in [2.75, 3.05) is 19.6 Å². The normalized spacial score (nSPS) is 21.0. The lowest BCUT2D eigenvalue weighted by molar-refractivity contribution is 0.193. The number of hydrogen-bond acceptors (Lipinski definition) is 3. The first kappa shape index (κ1) is 14.0. The lowest BCUT2D eigenvalue weighted by Gasteiger charge is -2.35. The summed E-state index contributed by atoms with van der Waals surface area (Å²) in [5.41, 5.74) is 1.83. The van der Waals surface area contributed by atoms with Gasteiger partial charge >= 0.3 is 0 Å². The second-order valence-electron chi connectivity index (χ2n) is 5.93. The van der Waals surface area contributed by atoms with Crippen molar-refractivity contribution in [2.24, 2.45) is 0 Å². The van der Waals surface area contributed by atoms with Crippen LogP contribution >= 0.6 is 11.3 Å². The van der Waals surface area contributed by atoms with Crippen molar-refractivity contribution in [2.45, 2.75) is 52.1 Å². The Bertz CT molecular complexity index is 384. The summed E-state index contributed by atoms with van der Waals surface area (Å²) in [6, 6.07) is 2.90. The van der Waals surface area contributed by atoms with Crippen LogP contribution < -0.4 is 5.32 Å². The zero-order valence-electron chi connectivity index (χ0n) is 12.1. The molecule has 2 nitrogen and oxygen atoms in total. The highest BCUT2D eigenvalue weighted by atomic mass is 32.1. The Kier molecular flexibility index (Phi) is 4.46. The largest absolute Gasteiger partial charge is 0.311 e. The summed E-state index contributed by atoms with van der Waals surface area (Å²) >= 11 is 1.92. The van der Waals surface area contributed by atoms with Crippen LogP contribution in [0.5, 0.6) is 0 Å². The first-order chi connectivity index (χ1) is 8.53. The standard InChI is InChI=1S/C15H26N2S/c1-5-15(3,4)16-8-10-17-9-6-14-13(12(17)2)7-11-18-14/h7,11-12,16H,5-6,8-10H2,1-4H3. The van der Waals surface area contributed by atoms with Crippen LogP contribution in [0.3, 0.4) is 0 Å². The van der Waals surface area contributed by atoms with Crippen molar-refractivity contribution < 1.29 is 0 Å². The monoisotopic (exact) mass is 266 g/mol. The molecule has 1 aliphatic heterocycles. The Hall–Kier alpha value is -0.380. The summed E-state index contributed by atoms with van der Waals surface area (Å²) in [7, 11) is 0. The lowest BCUT2D eigenvalue weighted by Crippen LogP contribution is -2.44. The third-order valence-electron chi connectivity index (χ3n) is 4.29. The Morgan fingerprint density at radius 3 is 3.00 bits per heavy atom. The van der Waals surface area contributed by atoms with Gasteiger partial charge in [0.05, 0.1) is 0 Å². The summed E-state index contributed by atoms with van der Waals surface area (Å²) in [4.78, 5) is 4.20. The topological polar surface area (TPSA) is 15.3 Å². The maximum atomic E-state index is 3.66. The zero-order chi connectivity index (χ0) is 13.2. The molecule has 0 aromatic carbocycles. The van der Waals surface area contributed by atoms with Gasteiger partial charge in [-0.3, -0.25) is 4.90 Å². The molecule has 0 aliphatic carbocycles. The van der Waals surface area contributed by atoms with Crippen molar-refractivity contribution in [3.05, 3.63) is 21.9 Å². The van der Waals surface area contributed by atoms with Gasteiger partial charge in [-0.05, 0) is 50.6 Å².